The molecule has 2 heterocycles. The number of imide groups is 1. The van der Waals surface area contributed by atoms with Crippen LogP contribution in [0.2, 0.25) is 0 Å². The van der Waals surface area contributed by atoms with Gasteiger partial charge < -0.3 is 24.2 Å². The molecule has 5 rings (SSSR count). The van der Waals surface area contributed by atoms with Crippen molar-refractivity contribution >= 4 is 52.4 Å². The molecule has 0 bridgehead atoms. The van der Waals surface area contributed by atoms with Gasteiger partial charge in [-0.25, -0.2) is 9.59 Å². The van der Waals surface area contributed by atoms with E-state index in [1.807, 2.05) is 30.3 Å². The fourth-order valence-corrected chi connectivity index (χ4v) is 5.36. The van der Waals surface area contributed by atoms with Gasteiger partial charge in [0.25, 0.3) is 11.6 Å². The van der Waals surface area contributed by atoms with Gasteiger partial charge in [0, 0.05) is 57.5 Å². The van der Waals surface area contributed by atoms with E-state index in [0.717, 1.165) is 10.6 Å². The van der Waals surface area contributed by atoms with Crippen LogP contribution in [-0.4, -0.2) is 113 Å². The second kappa shape index (κ2) is 16.0. The Labute approximate surface area is 282 Å². The summed E-state index contributed by atoms with van der Waals surface area (Å²) in [4.78, 5) is 59.4. The first kappa shape index (κ1) is 34.1. The average Bonchev–Trinajstić information content (AvgIpc) is 3.13. The number of nitro groups is 1. The molecule has 0 saturated carbocycles. The van der Waals surface area contributed by atoms with Gasteiger partial charge in [-0.3, -0.25) is 19.8 Å². The van der Waals surface area contributed by atoms with Crippen molar-refractivity contribution in [3.05, 3.63) is 106 Å². The van der Waals surface area contributed by atoms with E-state index in [0.29, 0.717) is 12.1 Å². The Balaban J connectivity index is 1.61. The summed E-state index contributed by atoms with van der Waals surface area (Å²) >= 11 is 5.88. The number of rotatable bonds is 7. The number of hydrogen-bond acceptors (Lipinski definition) is 9. The van der Waals surface area contributed by atoms with Gasteiger partial charge >= 0.3 is 12.1 Å². The molecule has 2 fully saturated rings. The largest absolute Gasteiger partial charge is 0.378 e. The second-order valence-corrected chi connectivity index (χ2v) is 11.3. The lowest BCUT2D eigenvalue weighted by Gasteiger charge is -2.34. The summed E-state index contributed by atoms with van der Waals surface area (Å²) in [5.74, 6) is -0.755. The molecule has 0 radical (unpaired) electrons. The van der Waals surface area contributed by atoms with E-state index in [2.05, 4.69) is 5.10 Å². The number of carbonyl (C=O) groups excluding carboxylic acids is 3. The van der Waals surface area contributed by atoms with Crippen LogP contribution in [0.15, 0.2) is 90.0 Å². The number of ether oxygens (including phenoxy) is 2. The summed E-state index contributed by atoms with van der Waals surface area (Å²) in [6.45, 7) is 2.43. The van der Waals surface area contributed by atoms with E-state index < -0.39 is 22.9 Å². The standard InChI is InChI=1S/C33H35N7O7S/c1-35(24-25-8-4-2-5-9-25)33(48)38(27-12-14-28(15-13-27)40(44)45)30(41)29(26-10-6-3-7-11-26)34-39(31(42)36-16-20-46-21-17-36)32(43)37-18-22-47-23-19-37/h2-15H,16-24H2,1H3/b34-29+. The van der Waals surface area contributed by atoms with Crippen molar-refractivity contribution in [2.24, 2.45) is 5.10 Å². The van der Waals surface area contributed by atoms with Crippen molar-refractivity contribution < 1.29 is 28.8 Å². The Morgan fingerprint density at radius 1 is 0.812 bits per heavy atom. The van der Waals surface area contributed by atoms with Gasteiger partial charge in [0.2, 0.25) is 0 Å². The van der Waals surface area contributed by atoms with Gasteiger partial charge in [0.05, 0.1) is 37.0 Å². The predicted octanol–water partition coefficient (Wildman–Crippen LogP) is 3.96. The molecule has 0 atom stereocenters. The highest BCUT2D eigenvalue weighted by Gasteiger charge is 2.35. The summed E-state index contributed by atoms with van der Waals surface area (Å²) in [7, 11) is 1.72. The van der Waals surface area contributed by atoms with E-state index in [1.54, 1.807) is 42.3 Å². The highest BCUT2D eigenvalue weighted by atomic mass is 32.1. The van der Waals surface area contributed by atoms with E-state index >= 15 is 0 Å². The number of hydrogen-bond donors (Lipinski definition) is 0. The van der Waals surface area contributed by atoms with E-state index in [1.165, 1.54) is 39.0 Å². The first-order valence-corrected chi connectivity index (χ1v) is 15.7. The monoisotopic (exact) mass is 673 g/mol. The fourth-order valence-electron chi connectivity index (χ4n) is 5.10. The molecular weight excluding hydrogens is 638 g/mol. The summed E-state index contributed by atoms with van der Waals surface area (Å²) in [6.07, 6.45) is 0. The topological polar surface area (TPSA) is 141 Å². The number of carbonyl (C=O) groups is 3. The van der Waals surface area contributed by atoms with Crippen molar-refractivity contribution in [3.8, 4) is 0 Å². The number of amides is 5. The number of urea groups is 2. The van der Waals surface area contributed by atoms with Crippen LogP contribution in [0, 0.1) is 10.1 Å². The van der Waals surface area contributed by atoms with Crippen molar-refractivity contribution in [2.75, 3.05) is 64.6 Å². The lowest BCUT2D eigenvalue weighted by Crippen LogP contribution is -2.54. The molecule has 0 unspecified atom stereocenters. The van der Waals surface area contributed by atoms with Gasteiger partial charge in [0.1, 0.15) is 0 Å². The summed E-state index contributed by atoms with van der Waals surface area (Å²) in [5.41, 5.74) is 1.05. The average molecular weight is 674 g/mol. The number of nitrogens with zero attached hydrogens (tertiary/aromatic N) is 7. The first-order chi connectivity index (χ1) is 23.2. The molecule has 48 heavy (non-hydrogen) atoms. The minimum atomic E-state index is -0.755. The molecule has 15 heteroatoms. The van der Waals surface area contributed by atoms with Crippen LogP contribution in [0.5, 0.6) is 0 Å². The molecular formula is C33H35N7O7S. The van der Waals surface area contributed by atoms with Crippen LogP contribution >= 0.6 is 12.2 Å². The number of benzene rings is 3. The smallest absolute Gasteiger partial charge is 0.349 e. The number of non-ortho nitro benzene ring substituents is 1. The summed E-state index contributed by atoms with van der Waals surface area (Å²) in [6, 6.07) is 21.9. The number of morpholine rings is 2. The number of hydrazone groups is 1. The Bertz CT molecular complexity index is 1620. The third-order valence-corrected chi connectivity index (χ3v) is 8.17. The van der Waals surface area contributed by atoms with Crippen molar-refractivity contribution in [1.29, 1.82) is 0 Å². The third kappa shape index (κ3) is 8.17. The molecule has 0 aliphatic carbocycles. The minimum Gasteiger partial charge on any atom is -0.378 e. The number of thiocarbonyl (C=S) groups is 1. The van der Waals surface area contributed by atoms with Crippen LogP contribution in [-0.2, 0) is 20.8 Å². The van der Waals surface area contributed by atoms with E-state index in [-0.39, 0.29) is 74.8 Å². The highest BCUT2D eigenvalue weighted by Crippen LogP contribution is 2.24. The van der Waals surface area contributed by atoms with Crippen molar-refractivity contribution in [1.82, 2.24) is 19.7 Å². The molecule has 250 valence electrons. The van der Waals surface area contributed by atoms with Crippen LogP contribution in [0.4, 0.5) is 21.0 Å². The maximum absolute atomic E-state index is 14.8. The Hall–Kier alpha value is -5.25. The molecule has 0 spiro atoms. The third-order valence-electron chi connectivity index (χ3n) is 7.68. The number of nitro benzene ring substituents is 1. The Kier molecular flexibility index (Phi) is 11.4. The number of anilines is 1. The summed E-state index contributed by atoms with van der Waals surface area (Å²) in [5, 5.41) is 16.8. The van der Waals surface area contributed by atoms with Gasteiger partial charge in [-0.05, 0) is 29.9 Å². The molecule has 0 aromatic heterocycles. The minimum absolute atomic E-state index is 0.0619. The maximum Gasteiger partial charge on any atom is 0.349 e. The Morgan fingerprint density at radius 3 is 1.81 bits per heavy atom. The zero-order valence-corrected chi connectivity index (χ0v) is 27.2. The molecule has 5 amide bonds. The lowest BCUT2D eigenvalue weighted by atomic mass is 10.1. The molecule has 3 aromatic carbocycles. The van der Waals surface area contributed by atoms with E-state index in [4.69, 9.17) is 21.7 Å². The van der Waals surface area contributed by atoms with Gasteiger partial charge in [-0.1, -0.05) is 60.7 Å². The van der Waals surface area contributed by atoms with Crippen LogP contribution in [0.25, 0.3) is 0 Å². The zero-order valence-electron chi connectivity index (χ0n) is 26.3. The zero-order chi connectivity index (χ0) is 34.0. The first-order valence-electron chi connectivity index (χ1n) is 15.3. The molecule has 2 saturated heterocycles. The predicted molar refractivity (Wildman–Crippen MR) is 181 cm³/mol. The van der Waals surface area contributed by atoms with Crippen molar-refractivity contribution in [2.45, 2.75) is 6.54 Å². The maximum atomic E-state index is 14.8. The normalized spacial score (nSPS) is 15.0. The highest BCUT2D eigenvalue weighted by molar-refractivity contribution is 7.80. The van der Waals surface area contributed by atoms with Gasteiger partial charge in [-0.15, -0.1) is 5.01 Å². The van der Waals surface area contributed by atoms with Crippen LogP contribution in [0.3, 0.4) is 0 Å². The second-order valence-electron chi connectivity index (χ2n) is 10.9. The summed E-state index contributed by atoms with van der Waals surface area (Å²) < 4.78 is 10.8. The quantitative estimate of drug-likeness (QED) is 0.158. The fraction of sp³-hybridized carbons (Fsp3) is 0.303. The molecule has 2 aliphatic heterocycles. The van der Waals surface area contributed by atoms with Gasteiger partial charge in [-0.2, -0.15) is 5.10 Å². The van der Waals surface area contributed by atoms with Gasteiger partial charge in [0.15, 0.2) is 10.8 Å². The van der Waals surface area contributed by atoms with Crippen LogP contribution in [0.1, 0.15) is 11.1 Å². The molecule has 14 nitrogen and oxygen atoms in total. The van der Waals surface area contributed by atoms with Crippen molar-refractivity contribution in [3.63, 3.8) is 0 Å². The van der Waals surface area contributed by atoms with E-state index in [9.17, 15) is 24.5 Å². The Morgan fingerprint density at radius 2 is 1.31 bits per heavy atom. The lowest BCUT2D eigenvalue weighted by molar-refractivity contribution is -0.384. The molecule has 3 aromatic rings. The molecule has 2 aliphatic rings. The SMILES string of the molecule is CN(Cc1ccccc1)C(=S)N(C(=O)/C(=N/N(C(=O)N1CCOCC1)C(=O)N1CCOCC1)c1ccccc1)c1ccc([N+](=O)[O-])cc1. The molecule has 0 N–H and O–H groups in total. The van der Waals surface area contributed by atoms with Crippen LogP contribution < -0.4 is 4.90 Å².